The summed E-state index contributed by atoms with van der Waals surface area (Å²) in [5.41, 5.74) is 1.92. The van der Waals surface area contributed by atoms with Crippen molar-refractivity contribution in [3.8, 4) is 0 Å². The van der Waals surface area contributed by atoms with Crippen molar-refractivity contribution in [1.82, 2.24) is 4.98 Å². The minimum atomic E-state index is -0.0757. The SMILES string of the molecule is CCC(C)Nc1ccc(NC(=O)Cc2cccc(Br)c2)nc1. The molecule has 0 aliphatic heterocycles. The third-order valence-corrected chi connectivity index (χ3v) is 3.80. The molecule has 116 valence electrons. The van der Waals surface area contributed by atoms with Crippen molar-refractivity contribution in [3.63, 3.8) is 0 Å². The van der Waals surface area contributed by atoms with Gasteiger partial charge in [0.05, 0.1) is 18.3 Å². The molecule has 2 N–H and O–H groups in total. The molecule has 1 atom stereocenters. The Morgan fingerprint density at radius 1 is 1.32 bits per heavy atom. The number of nitrogens with zero attached hydrogens (tertiary/aromatic N) is 1. The molecule has 1 heterocycles. The highest BCUT2D eigenvalue weighted by Gasteiger charge is 2.06. The second-order valence-corrected chi connectivity index (χ2v) is 6.16. The van der Waals surface area contributed by atoms with Crippen molar-refractivity contribution >= 4 is 33.3 Å². The van der Waals surface area contributed by atoms with Crippen LogP contribution in [0.5, 0.6) is 0 Å². The molecule has 0 spiro atoms. The lowest BCUT2D eigenvalue weighted by Gasteiger charge is -2.13. The minimum Gasteiger partial charge on any atom is -0.381 e. The third-order valence-electron chi connectivity index (χ3n) is 3.31. The molecule has 5 heteroatoms. The Kier molecular flexibility index (Phi) is 5.95. The van der Waals surface area contributed by atoms with Crippen LogP contribution in [0.1, 0.15) is 25.8 Å². The van der Waals surface area contributed by atoms with Crippen LogP contribution in [0.15, 0.2) is 47.1 Å². The molecular formula is C17H20BrN3O. The van der Waals surface area contributed by atoms with Gasteiger partial charge < -0.3 is 10.6 Å². The zero-order valence-corrected chi connectivity index (χ0v) is 14.4. The molecule has 1 amide bonds. The van der Waals surface area contributed by atoms with Gasteiger partial charge in [-0.2, -0.15) is 0 Å². The number of hydrogen-bond donors (Lipinski definition) is 2. The van der Waals surface area contributed by atoms with E-state index in [9.17, 15) is 4.79 Å². The van der Waals surface area contributed by atoms with Crippen LogP contribution < -0.4 is 10.6 Å². The predicted octanol–water partition coefficient (Wildman–Crippen LogP) is 4.24. The highest BCUT2D eigenvalue weighted by molar-refractivity contribution is 9.10. The Hall–Kier alpha value is -1.88. The average Bonchev–Trinajstić information content (AvgIpc) is 2.49. The van der Waals surface area contributed by atoms with Gasteiger partial charge in [-0.1, -0.05) is 35.0 Å². The van der Waals surface area contributed by atoms with E-state index < -0.39 is 0 Å². The minimum absolute atomic E-state index is 0.0757. The highest BCUT2D eigenvalue weighted by atomic mass is 79.9. The van der Waals surface area contributed by atoms with E-state index in [1.807, 2.05) is 36.4 Å². The van der Waals surface area contributed by atoms with E-state index in [2.05, 4.69) is 45.4 Å². The Morgan fingerprint density at radius 3 is 2.77 bits per heavy atom. The lowest BCUT2D eigenvalue weighted by Crippen LogP contribution is -2.16. The Morgan fingerprint density at radius 2 is 2.14 bits per heavy atom. The third kappa shape index (κ3) is 5.15. The second kappa shape index (κ2) is 7.94. The van der Waals surface area contributed by atoms with Gasteiger partial charge in [0, 0.05) is 10.5 Å². The van der Waals surface area contributed by atoms with Crippen LogP contribution in [-0.2, 0) is 11.2 Å². The number of amides is 1. The van der Waals surface area contributed by atoms with E-state index in [1.54, 1.807) is 6.20 Å². The number of carbonyl (C=O) groups is 1. The normalized spacial score (nSPS) is 11.8. The Labute approximate surface area is 139 Å². The maximum atomic E-state index is 12.0. The summed E-state index contributed by atoms with van der Waals surface area (Å²) in [7, 11) is 0. The monoisotopic (exact) mass is 361 g/mol. The number of nitrogens with one attached hydrogen (secondary N) is 2. The molecule has 0 aliphatic rings. The van der Waals surface area contributed by atoms with Crippen LogP contribution in [0.4, 0.5) is 11.5 Å². The van der Waals surface area contributed by atoms with Crippen LogP contribution in [0.2, 0.25) is 0 Å². The first kappa shape index (κ1) is 16.5. The van der Waals surface area contributed by atoms with Crippen LogP contribution in [0.3, 0.4) is 0 Å². The molecule has 2 rings (SSSR count). The topological polar surface area (TPSA) is 54.0 Å². The number of benzene rings is 1. The van der Waals surface area contributed by atoms with Gasteiger partial charge in [-0.25, -0.2) is 4.98 Å². The summed E-state index contributed by atoms with van der Waals surface area (Å²) in [6.07, 6.45) is 3.11. The van der Waals surface area contributed by atoms with Crippen molar-refractivity contribution in [1.29, 1.82) is 0 Å². The first-order valence-corrected chi connectivity index (χ1v) is 8.13. The molecule has 1 unspecified atom stereocenters. The van der Waals surface area contributed by atoms with Crippen molar-refractivity contribution < 1.29 is 4.79 Å². The standard InChI is InChI=1S/C17H20BrN3O/c1-3-12(2)20-15-7-8-16(19-11-15)21-17(22)10-13-5-4-6-14(18)9-13/h4-9,11-12,20H,3,10H2,1-2H3,(H,19,21,22). The number of hydrogen-bond acceptors (Lipinski definition) is 3. The van der Waals surface area contributed by atoms with Gasteiger partial charge in [0.15, 0.2) is 0 Å². The molecule has 0 bridgehead atoms. The molecule has 0 saturated heterocycles. The predicted molar refractivity (Wildman–Crippen MR) is 94.1 cm³/mol. The molecule has 0 radical (unpaired) electrons. The maximum Gasteiger partial charge on any atom is 0.229 e. The number of halogens is 1. The van der Waals surface area contributed by atoms with E-state index in [4.69, 9.17) is 0 Å². The smallest absolute Gasteiger partial charge is 0.229 e. The summed E-state index contributed by atoms with van der Waals surface area (Å²) in [5, 5.41) is 6.15. The number of carbonyl (C=O) groups excluding carboxylic acids is 1. The largest absolute Gasteiger partial charge is 0.381 e. The molecule has 1 aromatic heterocycles. The van der Waals surface area contributed by atoms with Crippen molar-refractivity contribution in [2.45, 2.75) is 32.7 Å². The van der Waals surface area contributed by atoms with Gasteiger partial charge in [-0.05, 0) is 43.2 Å². The fourth-order valence-corrected chi connectivity index (χ4v) is 2.41. The van der Waals surface area contributed by atoms with Crippen LogP contribution in [0.25, 0.3) is 0 Å². The number of aromatic nitrogens is 1. The van der Waals surface area contributed by atoms with Gasteiger partial charge in [0.2, 0.25) is 5.91 Å². The van der Waals surface area contributed by atoms with Crippen LogP contribution >= 0.6 is 15.9 Å². The van der Waals surface area contributed by atoms with Gasteiger partial charge >= 0.3 is 0 Å². The summed E-state index contributed by atoms with van der Waals surface area (Å²) in [4.78, 5) is 16.3. The number of pyridine rings is 1. The summed E-state index contributed by atoms with van der Waals surface area (Å²) in [5.74, 6) is 0.489. The summed E-state index contributed by atoms with van der Waals surface area (Å²) >= 11 is 3.40. The fraction of sp³-hybridized carbons (Fsp3) is 0.294. The number of anilines is 2. The lowest BCUT2D eigenvalue weighted by molar-refractivity contribution is -0.115. The number of rotatable bonds is 6. The molecule has 22 heavy (non-hydrogen) atoms. The van der Waals surface area contributed by atoms with Gasteiger partial charge in [0.1, 0.15) is 5.82 Å². The average molecular weight is 362 g/mol. The molecule has 2 aromatic rings. The van der Waals surface area contributed by atoms with E-state index in [0.717, 1.165) is 22.1 Å². The summed E-state index contributed by atoms with van der Waals surface area (Å²) in [6.45, 7) is 4.25. The summed E-state index contributed by atoms with van der Waals surface area (Å²) < 4.78 is 0.969. The quantitative estimate of drug-likeness (QED) is 0.808. The Balaban J connectivity index is 1.91. The zero-order valence-electron chi connectivity index (χ0n) is 12.8. The van der Waals surface area contributed by atoms with Crippen molar-refractivity contribution in [2.24, 2.45) is 0 Å². The van der Waals surface area contributed by atoms with E-state index in [1.165, 1.54) is 0 Å². The van der Waals surface area contributed by atoms with Crippen molar-refractivity contribution in [3.05, 3.63) is 52.6 Å². The first-order chi connectivity index (χ1) is 10.6. The van der Waals surface area contributed by atoms with Crippen LogP contribution in [0, 0.1) is 0 Å². The van der Waals surface area contributed by atoms with Crippen molar-refractivity contribution in [2.75, 3.05) is 10.6 Å². The highest BCUT2D eigenvalue weighted by Crippen LogP contribution is 2.14. The van der Waals surface area contributed by atoms with E-state index >= 15 is 0 Å². The van der Waals surface area contributed by atoms with E-state index in [-0.39, 0.29) is 5.91 Å². The fourth-order valence-electron chi connectivity index (χ4n) is 1.96. The first-order valence-electron chi connectivity index (χ1n) is 7.33. The molecular weight excluding hydrogens is 342 g/mol. The maximum absolute atomic E-state index is 12.0. The zero-order chi connectivity index (χ0) is 15.9. The molecule has 0 fully saturated rings. The van der Waals surface area contributed by atoms with Crippen LogP contribution in [-0.4, -0.2) is 16.9 Å². The molecule has 0 aliphatic carbocycles. The van der Waals surface area contributed by atoms with E-state index in [0.29, 0.717) is 18.3 Å². The molecule has 4 nitrogen and oxygen atoms in total. The molecule has 0 saturated carbocycles. The van der Waals surface area contributed by atoms with Gasteiger partial charge in [0.25, 0.3) is 0 Å². The van der Waals surface area contributed by atoms with Gasteiger partial charge in [-0.15, -0.1) is 0 Å². The molecule has 1 aromatic carbocycles. The second-order valence-electron chi connectivity index (χ2n) is 5.24. The lowest BCUT2D eigenvalue weighted by atomic mass is 10.1. The van der Waals surface area contributed by atoms with Gasteiger partial charge in [-0.3, -0.25) is 4.79 Å². The summed E-state index contributed by atoms with van der Waals surface area (Å²) in [6, 6.07) is 11.9. The Bertz CT molecular complexity index is 628.